The van der Waals surface area contributed by atoms with Crippen molar-refractivity contribution in [1.29, 1.82) is 0 Å². The fraction of sp³-hybridized carbons (Fsp3) is 0.944. The molecule has 0 radical (unpaired) electrons. The lowest BCUT2D eigenvalue weighted by molar-refractivity contribution is -0.137. The number of aliphatic carboxylic acids is 1. The maximum absolute atomic E-state index is 10.4. The third-order valence-corrected chi connectivity index (χ3v) is 5.04. The summed E-state index contributed by atoms with van der Waals surface area (Å²) in [5.41, 5.74) is 0. The van der Waals surface area contributed by atoms with Crippen molar-refractivity contribution in [3.8, 4) is 0 Å². The van der Waals surface area contributed by atoms with E-state index in [2.05, 4.69) is 6.92 Å². The predicted molar refractivity (Wildman–Crippen MR) is 86.3 cm³/mol. The Morgan fingerprint density at radius 2 is 1.62 bits per heavy atom. The van der Waals surface area contributed by atoms with E-state index >= 15 is 0 Å². The van der Waals surface area contributed by atoms with E-state index in [1.807, 2.05) is 0 Å². The molecular weight excluding hydrogens is 264 g/mol. The number of carbonyl (C=O) groups is 1. The van der Waals surface area contributed by atoms with Gasteiger partial charge in [-0.25, -0.2) is 0 Å². The highest BCUT2D eigenvalue weighted by atomic mass is 16.4. The van der Waals surface area contributed by atoms with Gasteiger partial charge in [-0.2, -0.15) is 0 Å². The lowest BCUT2D eigenvalue weighted by atomic mass is 9.86. The molecule has 0 aromatic carbocycles. The Kier molecular flexibility index (Phi) is 9.73. The number of aliphatic hydroxyl groups is 1. The van der Waals surface area contributed by atoms with Gasteiger partial charge in [-0.3, -0.25) is 4.79 Å². The second-order valence-corrected chi connectivity index (χ2v) is 6.76. The molecule has 1 saturated carbocycles. The molecule has 0 unspecified atom stereocenters. The summed E-state index contributed by atoms with van der Waals surface area (Å²) in [6, 6.07) is 0. The molecule has 0 aromatic rings. The third-order valence-electron chi connectivity index (χ3n) is 5.04. The SMILES string of the molecule is CCCCCC[C@H]1CC[C@H](O)[C@@H]1CCCCCCC(=O)O. The Bertz CT molecular complexity index is 278. The van der Waals surface area contributed by atoms with Crippen LogP contribution < -0.4 is 0 Å². The molecule has 3 heteroatoms. The van der Waals surface area contributed by atoms with Crippen LogP contribution in [0, 0.1) is 11.8 Å². The third kappa shape index (κ3) is 7.85. The lowest BCUT2D eigenvalue weighted by Crippen LogP contribution is -2.19. The first-order valence-corrected chi connectivity index (χ1v) is 9.05. The van der Waals surface area contributed by atoms with Gasteiger partial charge in [-0.15, -0.1) is 0 Å². The van der Waals surface area contributed by atoms with Gasteiger partial charge < -0.3 is 10.2 Å². The Morgan fingerprint density at radius 3 is 2.33 bits per heavy atom. The van der Waals surface area contributed by atoms with Crippen LogP contribution in [-0.2, 0) is 4.79 Å². The van der Waals surface area contributed by atoms with Crippen molar-refractivity contribution in [3.63, 3.8) is 0 Å². The minimum absolute atomic E-state index is 0.0832. The second-order valence-electron chi connectivity index (χ2n) is 6.76. The van der Waals surface area contributed by atoms with Crippen molar-refractivity contribution in [2.75, 3.05) is 0 Å². The summed E-state index contributed by atoms with van der Waals surface area (Å²) < 4.78 is 0. The fourth-order valence-electron chi connectivity index (χ4n) is 3.76. The Morgan fingerprint density at radius 1 is 0.952 bits per heavy atom. The highest BCUT2D eigenvalue weighted by Crippen LogP contribution is 2.38. The van der Waals surface area contributed by atoms with Crippen LogP contribution in [0.3, 0.4) is 0 Å². The highest BCUT2D eigenvalue weighted by Gasteiger charge is 2.33. The maximum atomic E-state index is 10.4. The zero-order chi connectivity index (χ0) is 15.5. The van der Waals surface area contributed by atoms with E-state index in [1.54, 1.807) is 0 Å². The first-order valence-electron chi connectivity index (χ1n) is 9.05. The lowest BCUT2D eigenvalue weighted by Gasteiger charge is -2.22. The zero-order valence-corrected chi connectivity index (χ0v) is 13.7. The average molecular weight is 298 g/mol. The molecule has 0 amide bonds. The van der Waals surface area contributed by atoms with Gasteiger partial charge in [0.15, 0.2) is 0 Å². The Hall–Kier alpha value is -0.570. The van der Waals surface area contributed by atoms with Gasteiger partial charge in [0.1, 0.15) is 0 Å². The smallest absolute Gasteiger partial charge is 0.303 e. The monoisotopic (exact) mass is 298 g/mol. The van der Waals surface area contributed by atoms with Crippen LogP contribution in [0.1, 0.15) is 90.4 Å². The topological polar surface area (TPSA) is 57.5 Å². The molecule has 0 aliphatic heterocycles. The van der Waals surface area contributed by atoms with Crippen LogP contribution in [0.15, 0.2) is 0 Å². The molecule has 3 atom stereocenters. The van der Waals surface area contributed by atoms with Crippen LogP contribution in [0.2, 0.25) is 0 Å². The number of aliphatic hydroxyl groups excluding tert-OH is 1. The maximum Gasteiger partial charge on any atom is 0.303 e. The van der Waals surface area contributed by atoms with E-state index in [0.29, 0.717) is 12.3 Å². The number of carboxylic acids is 1. The number of rotatable bonds is 12. The van der Waals surface area contributed by atoms with Gasteiger partial charge in [0.2, 0.25) is 0 Å². The number of hydrogen-bond acceptors (Lipinski definition) is 2. The second kappa shape index (κ2) is 11.1. The summed E-state index contributed by atoms with van der Waals surface area (Å²) in [5.74, 6) is 0.551. The van der Waals surface area contributed by atoms with Crippen LogP contribution in [-0.4, -0.2) is 22.3 Å². The molecule has 3 nitrogen and oxygen atoms in total. The average Bonchev–Trinajstić information content (AvgIpc) is 2.79. The van der Waals surface area contributed by atoms with E-state index in [1.165, 1.54) is 38.5 Å². The van der Waals surface area contributed by atoms with E-state index in [0.717, 1.165) is 44.4 Å². The summed E-state index contributed by atoms with van der Waals surface area (Å²) in [6.45, 7) is 2.24. The summed E-state index contributed by atoms with van der Waals surface area (Å²) in [6.07, 6.45) is 14.2. The molecule has 2 N–H and O–H groups in total. The normalized spacial score (nSPS) is 25.3. The molecule has 1 fully saturated rings. The van der Waals surface area contributed by atoms with Crippen molar-refractivity contribution in [2.45, 2.75) is 96.5 Å². The van der Waals surface area contributed by atoms with Crippen LogP contribution in [0.25, 0.3) is 0 Å². The van der Waals surface area contributed by atoms with Crippen molar-refractivity contribution >= 4 is 5.97 Å². The largest absolute Gasteiger partial charge is 0.481 e. The number of unbranched alkanes of at least 4 members (excludes halogenated alkanes) is 6. The molecule has 0 bridgehead atoms. The van der Waals surface area contributed by atoms with Crippen LogP contribution in [0.4, 0.5) is 0 Å². The van der Waals surface area contributed by atoms with Crippen LogP contribution >= 0.6 is 0 Å². The van der Waals surface area contributed by atoms with Crippen molar-refractivity contribution < 1.29 is 15.0 Å². The Balaban J connectivity index is 2.13. The van der Waals surface area contributed by atoms with E-state index in [9.17, 15) is 9.90 Å². The highest BCUT2D eigenvalue weighted by molar-refractivity contribution is 5.66. The van der Waals surface area contributed by atoms with Gasteiger partial charge >= 0.3 is 5.97 Å². The molecule has 0 saturated heterocycles. The minimum atomic E-state index is -0.687. The van der Waals surface area contributed by atoms with Gasteiger partial charge in [-0.1, -0.05) is 58.3 Å². The van der Waals surface area contributed by atoms with Gasteiger partial charge in [-0.05, 0) is 37.5 Å². The van der Waals surface area contributed by atoms with E-state index in [-0.39, 0.29) is 6.10 Å². The summed E-state index contributed by atoms with van der Waals surface area (Å²) in [7, 11) is 0. The molecular formula is C18H34O3. The van der Waals surface area contributed by atoms with Gasteiger partial charge in [0, 0.05) is 6.42 Å². The molecule has 124 valence electrons. The quantitative estimate of drug-likeness (QED) is 0.510. The molecule has 0 heterocycles. The Labute approximate surface area is 130 Å². The van der Waals surface area contributed by atoms with Crippen LogP contribution in [0.5, 0.6) is 0 Å². The van der Waals surface area contributed by atoms with Gasteiger partial charge in [0.05, 0.1) is 6.10 Å². The molecule has 0 aromatic heterocycles. The number of hydrogen-bond donors (Lipinski definition) is 2. The first-order chi connectivity index (χ1) is 10.1. The van der Waals surface area contributed by atoms with Crippen molar-refractivity contribution in [2.24, 2.45) is 11.8 Å². The predicted octanol–water partition coefficient (Wildman–Crippen LogP) is 4.77. The number of carboxylic acid groups (broad SMARTS) is 1. The van der Waals surface area contributed by atoms with Crippen molar-refractivity contribution in [3.05, 3.63) is 0 Å². The summed E-state index contributed by atoms with van der Waals surface area (Å²) >= 11 is 0. The zero-order valence-electron chi connectivity index (χ0n) is 13.7. The van der Waals surface area contributed by atoms with Gasteiger partial charge in [0.25, 0.3) is 0 Å². The first kappa shape index (κ1) is 18.5. The molecule has 1 rings (SSSR count). The van der Waals surface area contributed by atoms with Crippen molar-refractivity contribution in [1.82, 2.24) is 0 Å². The summed E-state index contributed by atoms with van der Waals surface area (Å²) in [5, 5.41) is 18.8. The summed E-state index contributed by atoms with van der Waals surface area (Å²) in [4.78, 5) is 10.4. The molecule has 1 aliphatic carbocycles. The molecule has 0 spiro atoms. The minimum Gasteiger partial charge on any atom is -0.481 e. The fourth-order valence-corrected chi connectivity index (χ4v) is 3.76. The van der Waals surface area contributed by atoms with E-state index in [4.69, 9.17) is 5.11 Å². The molecule has 21 heavy (non-hydrogen) atoms. The van der Waals surface area contributed by atoms with E-state index < -0.39 is 5.97 Å². The molecule has 1 aliphatic rings. The standard InChI is InChI=1S/C18H34O3/c1-2-3-4-7-10-15-13-14-17(19)16(15)11-8-5-6-9-12-18(20)21/h15-17,19H,2-14H2,1H3,(H,20,21)/t15-,16+,17-/m0/s1.